The molecule has 7 fully saturated rings. The van der Waals surface area contributed by atoms with Crippen molar-refractivity contribution < 1.29 is 23.7 Å². The van der Waals surface area contributed by atoms with Crippen LogP contribution in [-0.2, 0) is 23.7 Å². The van der Waals surface area contributed by atoms with Crippen molar-refractivity contribution in [1.29, 1.82) is 0 Å². The van der Waals surface area contributed by atoms with Crippen molar-refractivity contribution in [3.63, 3.8) is 0 Å². The van der Waals surface area contributed by atoms with Crippen LogP contribution < -0.4 is 0 Å². The minimum absolute atomic E-state index is 0.0118. The van der Waals surface area contributed by atoms with Crippen LogP contribution in [0.4, 0.5) is 0 Å². The first-order valence-electron chi connectivity index (χ1n) is 14.4. The summed E-state index contributed by atoms with van der Waals surface area (Å²) in [5, 5.41) is 0. The summed E-state index contributed by atoms with van der Waals surface area (Å²) >= 11 is 0. The predicted molar refractivity (Wildman–Crippen MR) is 131 cm³/mol. The van der Waals surface area contributed by atoms with E-state index in [9.17, 15) is 4.79 Å². The highest BCUT2D eigenvalue weighted by molar-refractivity contribution is 5.66. The molecule has 5 heteroatoms. The van der Waals surface area contributed by atoms with Crippen LogP contribution in [0.15, 0.2) is 12.2 Å². The smallest absolute Gasteiger partial charge is 0.302 e. The maximum Gasteiger partial charge on any atom is 0.302 e. The standard InChI is InChI=1S/C30H44O5/c1-16(2)17(3)7-11-28(6)23-15-21-25-29(23,26(33-21)35-28)12-9-22-27(5)10-8-20(32-18(4)31)13-19(27)14-24-30(22,25)34-24/h16,19-26H,3,7-15H2,1-2,4-6H3. The van der Waals surface area contributed by atoms with E-state index in [0.29, 0.717) is 35.7 Å². The molecule has 7 rings (SSSR count). The SMILES string of the molecule is C=C(CCC1(C)OC2OC3CC1C21CCC2C4(C)CCC(OC(C)=O)CC4CC4OC42C31)C(C)C. The lowest BCUT2D eigenvalue weighted by molar-refractivity contribution is -0.175. The first-order valence-corrected chi connectivity index (χ1v) is 14.4. The lowest BCUT2D eigenvalue weighted by atomic mass is 9.44. The normalized spacial score (nSPS) is 56.7. The maximum atomic E-state index is 11.6. The fourth-order valence-electron chi connectivity index (χ4n) is 10.8. The number of esters is 1. The van der Waals surface area contributed by atoms with Crippen molar-refractivity contribution in [1.82, 2.24) is 0 Å². The summed E-state index contributed by atoms with van der Waals surface area (Å²) in [6.45, 7) is 15.3. The molecule has 0 radical (unpaired) electrons. The molecule has 3 heterocycles. The van der Waals surface area contributed by atoms with Crippen molar-refractivity contribution in [2.75, 3.05) is 0 Å². The van der Waals surface area contributed by atoms with E-state index < -0.39 is 0 Å². The highest BCUT2D eigenvalue weighted by Crippen LogP contribution is 2.81. The van der Waals surface area contributed by atoms with E-state index in [1.165, 1.54) is 18.4 Å². The third-order valence-electron chi connectivity index (χ3n) is 12.5. The molecule has 0 aromatic heterocycles. The van der Waals surface area contributed by atoms with Crippen LogP contribution in [0.1, 0.15) is 92.4 Å². The van der Waals surface area contributed by atoms with Gasteiger partial charge in [0.15, 0.2) is 6.29 Å². The van der Waals surface area contributed by atoms with E-state index in [0.717, 1.165) is 44.9 Å². The number of epoxide rings is 1. The number of allylic oxidation sites excluding steroid dienone is 1. The Hall–Kier alpha value is -0.910. The molecule has 3 saturated heterocycles. The largest absolute Gasteiger partial charge is 0.463 e. The fourth-order valence-corrected chi connectivity index (χ4v) is 10.8. The molecule has 4 aliphatic carbocycles. The summed E-state index contributed by atoms with van der Waals surface area (Å²) in [5.41, 5.74) is 1.60. The van der Waals surface area contributed by atoms with Gasteiger partial charge in [0.25, 0.3) is 0 Å². The van der Waals surface area contributed by atoms with Gasteiger partial charge in [0.2, 0.25) is 0 Å². The van der Waals surface area contributed by atoms with Crippen LogP contribution in [0.2, 0.25) is 0 Å². The number of fused-ring (bicyclic) bond motifs is 2. The van der Waals surface area contributed by atoms with Crippen molar-refractivity contribution in [2.45, 2.75) is 128 Å². The van der Waals surface area contributed by atoms with E-state index in [4.69, 9.17) is 18.9 Å². The van der Waals surface area contributed by atoms with Gasteiger partial charge in [-0.2, -0.15) is 0 Å². The Bertz CT molecular complexity index is 960. The zero-order valence-electron chi connectivity index (χ0n) is 22.3. The summed E-state index contributed by atoms with van der Waals surface area (Å²) < 4.78 is 26.2. The molecule has 5 nitrogen and oxygen atoms in total. The second kappa shape index (κ2) is 7.14. The van der Waals surface area contributed by atoms with E-state index in [1.54, 1.807) is 6.92 Å². The maximum absolute atomic E-state index is 11.6. The molecule has 7 aliphatic rings. The molecule has 0 aromatic carbocycles. The number of hydrogen-bond donors (Lipinski definition) is 0. The molecule has 35 heavy (non-hydrogen) atoms. The van der Waals surface area contributed by atoms with Gasteiger partial charge < -0.3 is 18.9 Å². The Balaban J connectivity index is 1.16. The van der Waals surface area contributed by atoms with E-state index >= 15 is 0 Å². The molecule has 2 bridgehead atoms. The fraction of sp³-hybridized carbons (Fsp3) is 0.900. The topological polar surface area (TPSA) is 57.3 Å². The van der Waals surface area contributed by atoms with Crippen molar-refractivity contribution in [3.05, 3.63) is 12.2 Å². The molecular weight excluding hydrogens is 440 g/mol. The number of carbonyl (C=O) groups is 1. The third-order valence-corrected chi connectivity index (χ3v) is 12.5. The van der Waals surface area contributed by atoms with Gasteiger partial charge in [0.05, 0.1) is 17.8 Å². The minimum atomic E-state index is -0.138. The van der Waals surface area contributed by atoms with Gasteiger partial charge in [-0.1, -0.05) is 32.9 Å². The Morgan fingerprint density at radius 2 is 1.89 bits per heavy atom. The summed E-state index contributed by atoms with van der Waals surface area (Å²) in [7, 11) is 0. The quantitative estimate of drug-likeness (QED) is 0.280. The molecule has 0 amide bonds. The van der Waals surface area contributed by atoms with Crippen molar-refractivity contribution in [3.8, 4) is 0 Å². The molecule has 194 valence electrons. The van der Waals surface area contributed by atoms with E-state index in [-0.39, 0.29) is 46.5 Å². The molecule has 2 spiro atoms. The van der Waals surface area contributed by atoms with Gasteiger partial charge in [-0.3, -0.25) is 4.79 Å². The first-order chi connectivity index (χ1) is 16.5. The van der Waals surface area contributed by atoms with Crippen molar-refractivity contribution in [2.24, 2.45) is 40.4 Å². The molecule has 3 aliphatic heterocycles. The zero-order valence-corrected chi connectivity index (χ0v) is 22.3. The van der Waals surface area contributed by atoms with Gasteiger partial charge in [0.1, 0.15) is 11.7 Å². The number of carbonyl (C=O) groups excluding carboxylic acids is 1. The van der Waals surface area contributed by atoms with Crippen molar-refractivity contribution >= 4 is 5.97 Å². The van der Waals surface area contributed by atoms with Gasteiger partial charge in [-0.05, 0) is 87.9 Å². The Labute approximate surface area is 210 Å². The van der Waals surface area contributed by atoms with Crippen LogP contribution >= 0.6 is 0 Å². The van der Waals surface area contributed by atoms with Crippen LogP contribution in [0, 0.1) is 40.4 Å². The lowest BCUT2D eigenvalue weighted by Crippen LogP contribution is -2.60. The Morgan fingerprint density at radius 1 is 1.09 bits per heavy atom. The van der Waals surface area contributed by atoms with E-state index in [1.807, 2.05) is 0 Å². The van der Waals surface area contributed by atoms with Gasteiger partial charge >= 0.3 is 5.97 Å². The summed E-state index contributed by atoms with van der Waals surface area (Å²) in [4.78, 5) is 11.6. The van der Waals surface area contributed by atoms with E-state index in [2.05, 4.69) is 34.3 Å². The first kappa shape index (κ1) is 23.2. The lowest BCUT2D eigenvalue weighted by Gasteiger charge is -2.58. The molecule has 0 N–H and O–H groups in total. The van der Waals surface area contributed by atoms with Gasteiger partial charge in [-0.25, -0.2) is 0 Å². The number of rotatable bonds is 5. The molecule has 4 saturated carbocycles. The highest BCUT2D eigenvalue weighted by Gasteiger charge is 2.87. The second-order valence-electron chi connectivity index (χ2n) is 14.1. The number of hydrogen-bond acceptors (Lipinski definition) is 5. The zero-order chi connectivity index (χ0) is 24.5. The molecule has 12 atom stereocenters. The molecule has 0 aromatic rings. The number of ether oxygens (including phenoxy) is 4. The average molecular weight is 485 g/mol. The minimum Gasteiger partial charge on any atom is -0.463 e. The molecular formula is C30H44O5. The van der Waals surface area contributed by atoms with Gasteiger partial charge in [0, 0.05) is 24.2 Å². The van der Waals surface area contributed by atoms with Crippen LogP contribution in [-0.4, -0.2) is 41.8 Å². The Morgan fingerprint density at radius 3 is 2.63 bits per heavy atom. The van der Waals surface area contributed by atoms with Crippen LogP contribution in [0.25, 0.3) is 0 Å². The summed E-state index contributed by atoms with van der Waals surface area (Å²) in [5.74, 6) is 2.60. The predicted octanol–water partition coefficient (Wildman–Crippen LogP) is 5.80. The van der Waals surface area contributed by atoms with Gasteiger partial charge in [-0.15, -0.1) is 0 Å². The van der Waals surface area contributed by atoms with Crippen LogP contribution in [0.5, 0.6) is 0 Å². The second-order valence-corrected chi connectivity index (χ2v) is 14.1. The monoisotopic (exact) mass is 484 g/mol. The summed E-state index contributed by atoms with van der Waals surface area (Å²) in [6.07, 6.45) is 10.6. The third kappa shape index (κ3) is 2.79. The Kier molecular flexibility index (Phi) is 4.74. The molecule has 12 unspecified atom stereocenters. The summed E-state index contributed by atoms with van der Waals surface area (Å²) in [6, 6.07) is 0. The highest BCUT2D eigenvalue weighted by atomic mass is 16.7. The average Bonchev–Trinajstić information content (AvgIpc) is 3.20. The van der Waals surface area contributed by atoms with Crippen LogP contribution in [0.3, 0.4) is 0 Å².